The summed E-state index contributed by atoms with van der Waals surface area (Å²) >= 11 is 0. The summed E-state index contributed by atoms with van der Waals surface area (Å²) < 4.78 is 5.79. The highest BCUT2D eigenvalue weighted by Gasteiger charge is 2.22. The number of hydrogen-bond donors (Lipinski definition) is 1. The van der Waals surface area contributed by atoms with E-state index in [1.807, 2.05) is 6.92 Å². The molecule has 1 aromatic rings. The van der Waals surface area contributed by atoms with Gasteiger partial charge in [-0.15, -0.1) is 0 Å². The summed E-state index contributed by atoms with van der Waals surface area (Å²) in [5.74, 6) is 1.02. The number of nitrogens with one attached hydrogen (secondary N) is 1. The molecule has 2 heteroatoms. The van der Waals surface area contributed by atoms with Crippen molar-refractivity contribution in [2.45, 2.75) is 54.0 Å². The van der Waals surface area contributed by atoms with Crippen LogP contribution >= 0.6 is 0 Å². The Morgan fingerprint density at radius 2 is 1.89 bits per heavy atom. The quantitative estimate of drug-likeness (QED) is 0.817. The van der Waals surface area contributed by atoms with Gasteiger partial charge in [0.25, 0.3) is 0 Å². The molecule has 0 radical (unpaired) electrons. The van der Waals surface area contributed by atoms with Gasteiger partial charge in [0.15, 0.2) is 0 Å². The van der Waals surface area contributed by atoms with E-state index in [1.54, 1.807) is 0 Å². The van der Waals surface area contributed by atoms with Crippen LogP contribution < -0.4 is 10.1 Å². The van der Waals surface area contributed by atoms with Crippen molar-refractivity contribution in [3.8, 4) is 5.75 Å². The van der Waals surface area contributed by atoms with E-state index in [2.05, 4.69) is 58.1 Å². The number of benzene rings is 1. The third-order valence-corrected chi connectivity index (χ3v) is 3.11. The molecule has 19 heavy (non-hydrogen) atoms. The summed E-state index contributed by atoms with van der Waals surface area (Å²) in [6.45, 7) is 14.9. The predicted octanol–water partition coefficient (Wildman–Crippen LogP) is 4.48. The van der Waals surface area contributed by atoms with Crippen LogP contribution in [0, 0.1) is 12.3 Å². The van der Waals surface area contributed by atoms with Crippen LogP contribution in [0.5, 0.6) is 5.75 Å². The fraction of sp³-hybridized carbons (Fsp3) is 0.647. The lowest BCUT2D eigenvalue weighted by atomic mass is 9.85. The Labute approximate surface area is 118 Å². The zero-order chi connectivity index (χ0) is 14.5. The van der Waals surface area contributed by atoms with Gasteiger partial charge in [-0.25, -0.2) is 0 Å². The summed E-state index contributed by atoms with van der Waals surface area (Å²) in [4.78, 5) is 0. The molecule has 0 bridgehead atoms. The maximum atomic E-state index is 5.79. The smallest absolute Gasteiger partial charge is 0.124 e. The third-order valence-electron chi connectivity index (χ3n) is 3.11. The van der Waals surface area contributed by atoms with Crippen molar-refractivity contribution in [1.29, 1.82) is 0 Å². The average molecular weight is 263 g/mol. The molecule has 1 atom stereocenters. The van der Waals surface area contributed by atoms with Crippen molar-refractivity contribution in [3.63, 3.8) is 0 Å². The van der Waals surface area contributed by atoms with Crippen LogP contribution in [0.15, 0.2) is 18.2 Å². The number of ether oxygens (including phenoxy) is 1. The number of hydrogen-bond acceptors (Lipinski definition) is 2. The van der Waals surface area contributed by atoms with E-state index in [4.69, 9.17) is 4.74 Å². The molecule has 1 unspecified atom stereocenters. The second-order valence-electron chi connectivity index (χ2n) is 6.35. The summed E-state index contributed by atoms with van der Waals surface area (Å²) in [5.41, 5.74) is 2.87. The highest BCUT2D eigenvalue weighted by Crippen LogP contribution is 2.34. The molecule has 1 N–H and O–H groups in total. The van der Waals surface area contributed by atoms with Gasteiger partial charge >= 0.3 is 0 Å². The molecule has 0 amide bonds. The van der Waals surface area contributed by atoms with Gasteiger partial charge in [0.1, 0.15) is 5.75 Å². The fourth-order valence-electron chi connectivity index (χ4n) is 2.38. The Bertz CT molecular complexity index is 393. The molecule has 1 aromatic carbocycles. The van der Waals surface area contributed by atoms with Crippen molar-refractivity contribution in [3.05, 3.63) is 29.3 Å². The van der Waals surface area contributed by atoms with Crippen LogP contribution in [-0.2, 0) is 0 Å². The number of rotatable bonds is 6. The van der Waals surface area contributed by atoms with Gasteiger partial charge in [-0.1, -0.05) is 45.4 Å². The highest BCUT2D eigenvalue weighted by molar-refractivity contribution is 5.39. The normalized spacial score (nSPS) is 13.4. The molecular formula is C17H29NO. The van der Waals surface area contributed by atoms with Gasteiger partial charge < -0.3 is 10.1 Å². The predicted molar refractivity (Wildman–Crippen MR) is 82.8 cm³/mol. The van der Waals surface area contributed by atoms with Gasteiger partial charge in [0, 0.05) is 11.6 Å². The topological polar surface area (TPSA) is 21.3 Å². The van der Waals surface area contributed by atoms with Gasteiger partial charge in [0.2, 0.25) is 0 Å². The minimum atomic E-state index is 0.292. The van der Waals surface area contributed by atoms with Crippen LogP contribution in [0.4, 0.5) is 0 Å². The SMILES string of the molecule is CCNC(CC(C)(C)C)c1cc(C)ccc1OCC. The Hall–Kier alpha value is -1.02. The van der Waals surface area contributed by atoms with E-state index in [0.29, 0.717) is 18.1 Å². The largest absolute Gasteiger partial charge is 0.494 e. The highest BCUT2D eigenvalue weighted by atomic mass is 16.5. The Morgan fingerprint density at radius 1 is 1.21 bits per heavy atom. The lowest BCUT2D eigenvalue weighted by Gasteiger charge is -2.28. The van der Waals surface area contributed by atoms with Crippen LogP contribution in [0.1, 0.15) is 58.2 Å². The van der Waals surface area contributed by atoms with Crippen LogP contribution in [0.3, 0.4) is 0 Å². The van der Waals surface area contributed by atoms with E-state index < -0.39 is 0 Å². The summed E-state index contributed by atoms with van der Waals surface area (Å²) in [6.07, 6.45) is 1.10. The Balaban J connectivity index is 3.08. The molecule has 1 rings (SSSR count). The molecule has 0 saturated carbocycles. The first kappa shape index (κ1) is 16.0. The standard InChI is InChI=1S/C17H29NO/c1-7-18-15(12-17(4,5)6)14-11-13(3)9-10-16(14)19-8-2/h9-11,15,18H,7-8,12H2,1-6H3. The molecule has 0 heterocycles. The van der Waals surface area contributed by atoms with Crippen LogP contribution in [0.25, 0.3) is 0 Å². The number of aryl methyl sites for hydroxylation is 1. The fourth-order valence-corrected chi connectivity index (χ4v) is 2.38. The van der Waals surface area contributed by atoms with Crippen LogP contribution in [0.2, 0.25) is 0 Å². The summed E-state index contributed by atoms with van der Waals surface area (Å²) in [7, 11) is 0. The minimum Gasteiger partial charge on any atom is -0.494 e. The van der Waals surface area contributed by atoms with E-state index in [0.717, 1.165) is 18.7 Å². The first-order valence-corrected chi connectivity index (χ1v) is 7.34. The molecule has 0 aliphatic heterocycles. The van der Waals surface area contributed by atoms with Crippen molar-refractivity contribution in [2.75, 3.05) is 13.2 Å². The molecular weight excluding hydrogens is 234 g/mol. The van der Waals surface area contributed by atoms with Crippen molar-refractivity contribution >= 4 is 0 Å². The lowest BCUT2D eigenvalue weighted by molar-refractivity contribution is 0.296. The van der Waals surface area contributed by atoms with E-state index in [1.165, 1.54) is 11.1 Å². The molecule has 0 spiro atoms. The van der Waals surface area contributed by atoms with Gasteiger partial charge in [-0.05, 0) is 38.3 Å². The zero-order valence-electron chi connectivity index (χ0n) is 13.3. The van der Waals surface area contributed by atoms with Crippen molar-refractivity contribution in [1.82, 2.24) is 5.32 Å². The van der Waals surface area contributed by atoms with Gasteiger partial charge in [-0.3, -0.25) is 0 Å². The van der Waals surface area contributed by atoms with Crippen LogP contribution in [-0.4, -0.2) is 13.2 Å². The monoisotopic (exact) mass is 263 g/mol. The second kappa shape index (κ2) is 6.95. The molecule has 0 aliphatic carbocycles. The molecule has 0 saturated heterocycles. The maximum Gasteiger partial charge on any atom is 0.124 e. The van der Waals surface area contributed by atoms with Gasteiger partial charge in [0.05, 0.1) is 6.61 Å². The Morgan fingerprint density at radius 3 is 2.42 bits per heavy atom. The molecule has 2 nitrogen and oxygen atoms in total. The first-order valence-electron chi connectivity index (χ1n) is 7.34. The van der Waals surface area contributed by atoms with Crippen molar-refractivity contribution < 1.29 is 4.74 Å². The second-order valence-corrected chi connectivity index (χ2v) is 6.35. The molecule has 0 aliphatic rings. The zero-order valence-corrected chi connectivity index (χ0v) is 13.3. The van der Waals surface area contributed by atoms with Gasteiger partial charge in [-0.2, -0.15) is 0 Å². The lowest BCUT2D eigenvalue weighted by Crippen LogP contribution is -2.26. The van der Waals surface area contributed by atoms with E-state index >= 15 is 0 Å². The minimum absolute atomic E-state index is 0.292. The Kier molecular flexibility index (Phi) is 5.86. The van der Waals surface area contributed by atoms with E-state index in [-0.39, 0.29) is 0 Å². The third kappa shape index (κ3) is 5.23. The van der Waals surface area contributed by atoms with Crippen molar-refractivity contribution in [2.24, 2.45) is 5.41 Å². The average Bonchev–Trinajstić information content (AvgIpc) is 2.29. The summed E-state index contributed by atoms with van der Waals surface area (Å²) in [5, 5.41) is 3.60. The summed E-state index contributed by atoms with van der Waals surface area (Å²) in [6, 6.07) is 6.83. The molecule has 0 aromatic heterocycles. The first-order chi connectivity index (χ1) is 8.87. The molecule has 108 valence electrons. The molecule has 0 fully saturated rings. The van der Waals surface area contributed by atoms with E-state index in [9.17, 15) is 0 Å². The maximum absolute atomic E-state index is 5.79.